The monoisotopic (exact) mass is 383 g/mol. The van der Waals surface area contributed by atoms with Gasteiger partial charge in [-0.25, -0.2) is 13.1 Å². The number of amides is 1. The molecule has 2 heterocycles. The summed E-state index contributed by atoms with van der Waals surface area (Å²) in [7, 11) is -3.08. The van der Waals surface area contributed by atoms with E-state index in [0.717, 1.165) is 10.2 Å². The van der Waals surface area contributed by atoms with E-state index < -0.39 is 15.8 Å². The molecular weight excluding hydrogens is 370 g/mol. The lowest BCUT2D eigenvalue weighted by Crippen LogP contribution is -2.24. The van der Waals surface area contributed by atoms with Gasteiger partial charge in [-0.05, 0) is 34.5 Å². The summed E-state index contributed by atoms with van der Waals surface area (Å²) in [6, 6.07) is 7.26. The molecule has 1 saturated heterocycles. The summed E-state index contributed by atoms with van der Waals surface area (Å²) >= 11 is 3.33. The first-order chi connectivity index (χ1) is 10.4. The number of halogens is 1. The molecule has 0 radical (unpaired) electrons. The van der Waals surface area contributed by atoms with Gasteiger partial charge < -0.3 is 5.32 Å². The fraction of sp³-hybridized carbons (Fsp3) is 0.286. The molecular formula is C14H14BrN3O3S. The molecule has 1 aromatic carbocycles. The number of benzene rings is 1. The van der Waals surface area contributed by atoms with E-state index in [2.05, 4.69) is 26.3 Å². The Morgan fingerprint density at radius 3 is 2.77 bits per heavy atom. The number of para-hydroxylation sites is 2. The maximum atomic E-state index is 12.3. The third-order valence-electron chi connectivity index (χ3n) is 3.56. The van der Waals surface area contributed by atoms with Gasteiger partial charge >= 0.3 is 0 Å². The number of aromatic nitrogens is 2. The molecule has 1 unspecified atom stereocenters. The van der Waals surface area contributed by atoms with Gasteiger partial charge in [-0.2, -0.15) is 5.10 Å². The van der Waals surface area contributed by atoms with E-state index in [1.807, 2.05) is 18.2 Å². The molecule has 0 saturated carbocycles. The molecule has 1 amide bonds. The van der Waals surface area contributed by atoms with Gasteiger partial charge in [0.15, 0.2) is 9.84 Å². The van der Waals surface area contributed by atoms with E-state index in [4.69, 9.17) is 0 Å². The van der Waals surface area contributed by atoms with Crippen LogP contribution in [-0.2, 0) is 14.6 Å². The van der Waals surface area contributed by atoms with E-state index in [9.17, 15) is 13.2 Å². The van der Waals surface area contributed by atoms with E-state index in [-0.39, 0.29) is 17.4 Å². The lowest BCUT2D eigenvalue weighted by molar-refractivity contribution is -0.119. The average molecular weight is 384 g/mol. The summed E-state index contributed by atoms with van der Waals surface area (Å²) in [6.07, 6.45) is 3.82. The highest BCUT2D eigenvalue weighted by Crippen LogP contribution is 2.24. The molecule has 1 fully saturated rings. The first-order valence-electron chi connectivity index (χ1n) is 6.75. The van der Waals surface area contributed by atoms with Crippen LogP contribution >= 0.6 is 15.9 Å². The van der Waals surface area contributed by atoms with Crippen molar-refractivity contribution in [1.29, 1.82) is 0 Å². The number of anilines is 1. The Balaban J connectivity index is 1.83. The summed E-state index contributed by atoms with van der Waals surface area (Å²) in [5.41, 5.74) is 1.33. The normalized spacial score (nSPS) is 20.0. The topological polar surface area (TPSA) is 81.1 Å². The van der Waals surface area contributed by atoms with Crippen LogP contribution in [0.15, 0.2) is 41.1 Å². The Morgan fingerprint density at radius 2 is 2.14 bits per heavy atom. The highest BCUT2D eigenvalue weighted by Gasteiger charge is 2.33. The van der Waals surface area contributed by atoms with Crippen molar-refractivity contribution >= 4 is 37.4 Å². The summed E-state index contributed by atoms with van der Waals surface area (Å²) in [5, 5.41) is 7.02. The van der Waals surface area contributed by atoms with Gasteiger partial charge in [0, 0.05) is 6.20 Å². The lowest BCUT2D eigenvalue weighted by atomic mass is 10.1. The number of carbonyl (C=O) groups is 1. The number of rotatable bonds is 3. The fourth-order valence-electron chi connectivity index (χ4n) is 2.45. The zero-order chi connectivity index (χ0) is 15.7. The molecule has 6 nitrogen and oxygen atoms in total. The third-order valence-corrected chi connectivity index (χ3v) is 5.74. The van der Waals surface area contributed by atoms with Crippen LogP contribution in [-0.4, -0.2) is 35.6 Å². The predicted octanol–water partition coefficient (Wildman–Crippen LogP) is 2.01. The minimum absolute atomic E-state index is 0.0751. The van der Waals surface area contributed by atoms with Crippen molar-refractivity contribution in [3.8, 4) is 5.69 Å². The van der Waals surface area contributed by atoms with Crippen molar-refractivity contribution in [2.24, 2.45) is 5.92 Å². The van der Waals surface area contributed by atoms with Crippen LogP contribution in [0, 0.1) is 5.92 Å². The van der Waals surface area contributed by atoms with Gasteiger partial charge in [0.05, 0.1) is 39.5 Å². The lowest BCUT2D eigenvalue weighted by Gasteiger charge is -2.13. The summed E-state index contributed by atoms with van der Waals surface area (Å²) in [5.74, 6) is -0.741. The predicted molar refractivity (Wildman–Crippen MR) is 86.7 cm³/mol. The van der Waals surface area contributed by atoms with Gasteiger partial charge in [0.1, 0.15) is 0 Å². The van der Waals surface area contributed by atoms with Crippen molar-refractivity contribution < 1.29 is 13.2 Å². The van der Waals surface area contributed by atoms with Crippen molar-refractivity contribution in [2.75, 3.05) is 16.8 Å². The van der Waals surface area contributed by atoms with E-state index >= 15 is 0 Å². The zero-order valence-corrected chi connectivity index (χ0v) is 14.0. The Morgan fingerprint density at radius 1 is 1.36 bits per heavy atom. The van der Waals surface area contributed by atoms with Crippen LogP contribution in [0.4, 0.5) is 5.69 Å². The third kappa shape index (κ3) is 3.22. The number of carbonyl (C=O) groups excluding carboxylic acids is 1. The minimum Gasteiger partial charge on any atom is -0.324 e. The number of nitrogens with one attached hydrogen (secondary N) is 1. The molecule has 1 atom stereocenters. The van der Waals surface area contributed by atoms with Crippen LogP contribution in [0.2, 0.25) is 0 Å². The Kier molecular flexibility index (Phi) is 4.05. The molecule has 3 rings (SSSR count). The smallest absolute Gasteiger partial charge is 0.228 e. The van der Waals surface area contributed by atoms with Gasteiger partial charge in [-0.15, -0.1) is 0 Å². The standard InChI is InChI=1S/C14H14BrN3O3S/c15-11-7-16-18(8-11)13-4-2-1-3-12(13)17-14(19)10-5-6-22(20,21)9-10/h1-4,7-8,10H,5-6,9H2,(H,17,19). The quantitative estimate of drug-likeness (QED) is 0.878. The Bertz CT molecular complexity index is 816. The molecule has 1 aliphatic rings. The van der Waals surface area contributed by atoms with Crippen molar-refractivity contribution in [3.05, 3.63) is 41.1 Å². The number of hydrogen-bond donors (Lipinski definition) is 1. The van der Waals surface area contributed by atoms with Crippen molar-refractivity contribution in [3.63, 3.8) is 0 Å². The van der Waals surface area contributed by atoms with Crippen LogP contribution in [0.5, 0.6) is 0 Å². The molecule has 0 bridgehead atoms. The van der Waals surface area contributed by atoms with E-state index in [0.29, 0.717) is 12.1 Å². The number of sulfone groups is 1. The largest absolute Gasteiger partial charge is 0.324 e. The second kappa shape index (κ2) is 5.85. The van der Waals surface area contributed by atoms with Crippen LogP contribution in [0.3, 0.4) is 0 Å². The molecule has 0 aliphatic carbocycles. The van der Waals surface area contributed by atoms with Crippen LogP contribution in [0.1, 0.15) is 6.42 Å². The van der Waals surface area contributed by atoms with E-state index in [1.165, 1.54) is 0 Å². The highest BCUT2D eigenvalue weighted by molar-refractivity contribution is 9.10. The molecule has 116 valence electrons. The second-order valence-electron chi connectivity index (χ2n) is 5.21. The Hall–Kier alpha value is -1.67. The first-order valence-corrected chi connectivity index (χ1v) is 9.37. The second-order valence-corrected chi connectivity index (χ2v) is 8.35. The van der Waals surface area contributed by atoms with E-state index in [1.54, 1.807) is 23.1 Å². The van der Waals surface area contributed by atoms with Crippen molar-refractivity contribution in [1.82, 2.24) is 9.78 Å². The van der Waals surface area contributed by atoms with Gasteiger partial charge in [0.2, 0.25) is 5.91 Å². The Labute approximate surface area is 136 Å². The van der Waals surface area contributed by atoms with Gasteiger partial charge in [0.25, 0.3) is 0 Å². The van der Waals surface area contributed by atoms with Crippen molar-refractivity contribution in [2.45, 2.75) is 6.42 Å². The minimum atomic E-state index is -3.08. The number of nitrogens with zero attached hydrogens (tertiary/aromatic N) is 2. The summed E-state index contributed by atoms with van der Waals surface area (Å²) in [6.45, 7) is 0. The SMILES string of the molecule is O=C(Nc1ccccc1-n1cc(Br)cn1)C1CCS(=O)(=O)C1. The maximum absolute atomic E-state index is 12.3. The molecule has 1 aromatic heterocycles. The summed E-state index contributed by atoms with van der Waals surface area (Å²) < 4.78 is 25.5. The maximum Gasteiger partial charge on any atom is 0.228 e. The number of hydrogen-bond acceptors (Lipinski definition) is 4. The molecule has 1 aliphatic heterocycles. The average Bonchev–Trinajstić information content (AvgIpc) is 3.05. The first kappa shape index (κ1) is 15.2. The fourth-order valence-corrected chi connectivity index (χ4v) is 4.48. The van der Waals surface area contributed by atoms with Crippen LogP contribution < -0.4 is 5.32 Å². The molecule has 0 spiro atoms. The molecule has 2 aromatic rings. The van der Waals surface area contributed by atoms with Gasteiger partial charge in [-0.3, -0.25) is 4.79 Å². The summed E-state index contributed by atoms with van der Waals surface area (Å²) in [4.78, 5) is 12.3. The highest BCUT2D eigenvalue weighted by atomic mass is 79.9. The zero-order valence-electron chi connectivity index (χ0n) is 11.6. The van der Waals surface area contributed by atoms with Crippen LogP contribution in [0.25, 0.3) is 5.69 Å². The molecule has 1 N–H and O–H groups in total. The molecule has 8 heteroatoms. The molecule has 22 heavy (non-hydrogen) atoms. The van der Waals surface area contributed by atoms with Gasteiger partial charge in [-0.1, -0.05) is 12.1 Å².